The molecule has 4 aromatic rings. The zero-order valence-corrected chi connectivity index (χ0v) is 12.6. The Bertz CT molecular complexity index is 1030. The molecule has 3 aromatic carbocycles. The maximum atomic E-state index is 3.67. The molecule has 1 aliphatic rings. The number of benzene rings is 3. The molecular weight excluding hydrogens is 273 g/mol. The molecule has 100 valence electrons. The summed E-state index contributed by atoms with van der Waals surface area (Å²) in [5, 5.41) is 11.0. The Morgan fingerprint density at radius 1 is 0.810 bits per heavy atom. The standard InChI is InChI=1S/C19H14NP/c1-12-10-11-14-13-6-2-4-8-16(13)21-17-9-5-3-7-15(17)20-18(12)19(14)21/h2-11,20H,1H3. The van der Waals surface area contributed by atoms with E-state index in [2.05, 4.69) is 72.9 Å². The number of hydrogen-bond acceptors (Lipinski definition) is 1. The van der Waals surface area contributed by atoms with Crippen molar-refractivity contribution in [2.24, 2.45) is 0 Å². The van der Waals surface area contributed by atoms with E-state index in [1.807, 2.05) is 0 Å². The van der Waals surface area contributed by atoms with Gasteiger partial charge in [-0.05, 0) is 35.4 Å². The van der Waals surface area contributed by atoms with E-state index in [-0.39, 0.29) is 0 Å². The van der Waals surface area contributed by atoms with Gasteiger partial charge in [0, 0.05) is 15.5 Å². The van der Waals surface area contributed by atoms with Crippen molar-refractivity contribution in [2.45, 2.75) is 6.92 Å². The van der Waals surface area contributed by atoms with Crippen LogP contribution in [0.1, 0.15) is 5.56 Å². The largest absolute Gasteiger partial charge is 0.354 e. The summed E-state index contributed by atoms with van der Waals surface area (Å²) < 4.78 is 0. The fourth-order valence-electron chi connectivity index (χ4n) is 3.48. The summed E-state index contributed by atoms with van der Waals surface area (Å²) in [5.41, 5.74) is 3.94. The molecule has 21 heavy (non-hydrogen) atoms. The molecular formula is C19H14NP. The van der Waals surface area contributed by atoms with Crippen LogP contribution in [0.3, 0.4) is 0 Å². The summed E-state index contributed by atoms with van der Waals surface area (Å²) in [4.78, 5) is 0. The lowest BCUT2D eigenvalue weighted by Gasteiger charge is -2.21. The number of anilines is 2. The minimum absolute atomic E-state index is 0.403. The molecule has 0 bridgehead atoms. The van der Waals surface area contributed by atoms with E-state index < -0.39 is 7.53 Å². The Morgan fingerprint density at radius 3 is 2.57 bits per heavy atom. The lowest BCUT2D eigenvalue weighted by Crippen LogP contribution is -1.97. The molecule has 0 saturated heterocycles. The molecule has 5 rings (SSSR count). The smallest absolute Gasteiger partial charge is 0.0538 e. The van der Waals surface area contributed by atoms with Gasteiger partial charge in [0.1, 0.15) is 0 Å². The maximum Gasteiger partial charge on any atom is 0.0538 e. The minimum Gasteiger partial charge on any atom is -0.354 e. The van der Waals surface area contributed by atoms with Crippen molar-refractivity contribution in [2.75, 3.05) is 5.32 Å². The van der Waals surface area contributed by atoms with Crippen LogP contribution in [0.15, 0.2) is 60.7 Å². The van der Waals surface area contributed by atoms with Gasteiger partial charge in [-0.3, -0.25) is 0 Å². The summed E-state index contributed by atoms with van der Waals surface area (Å²) in [6.45, 7) is 2.20. The second-order valence-corrected chi connectivity index (χ2v) is 7.73. The predicted octanol–water partition coefficient (Wildman–Crippen LogP) is 6.33. The number of rotatable bonds is 0. The van der Waals surface area contributed by atoms with E-state index in [0.717, 1.165) is 0 Å². The molecule has 1 aromatic heterocycles. The molecule has 0 aliphatic carbocycles. The Balaban J connectivity index is 2.13. The van der Waals surface area contributed by atoms with Gasteiger partial charge in [0.2, 0.25) is 0 Å². The van der Waals surface area contributed by atoms with Crippen LogP contribution < -0.4 is 5.32 Å². The van der Waals surface area contributed by atoms with Crippen LogP contribution >= 0.6 is 7.53 Å². The quantitative estimate of drug-likeness (QED) is 0.350. The second kappa shape index (κ2) is 3.90. The number of para-hydroxylation sites is 1. The highest BCUT2D eigenvalue weighted by molar-refractivity contribution is 7.68. The monoisotopic (exact) mass is 287 g/mol. The van der Waals surface area contributed by atoms with Crippen molar-refractivity contribution >= 4 is 39.9 Å². The molecule has 0 radical (unpaired) electrons. The van der Waals surface area contributed by atoms with Gasteiger partial charge >= 0.3 is 0 Å². The van der Waals surface area contributed by atoms with Gasteiger partial charge in [0.25, 0.3) is 0 Å². The first-order valence-electron chi connectivity index (χ1n) is 7.24. The zero-order valence-electron chi connectivity index (χ0n) is 11.7. The fourth-order valence-corrected chi connectivity index (χ4v) is 6.39. The van der Waals surface area contributed by atoms with Crippen molar-refractivity contribution < 1.29 is 0 Å². The van der Waals surface area contributed by atoms with Gasteiger partial charge in [-0.15, -0.1) is 0 Å². The first-order chi connectivity index (χ1) is 10.3. The van der Waals surface area contributed by atoms with E-state index in [9.17, 15) is 0 Å². The topological polar surface area (TPSA) is 12.0 Å². The second-order valence-electron chi connectivity index (χ2n) is 5.65. The number of fused-ring (bicyclic) bond motifs is 5. The molecule has 1 N–H and O–H groups in total. The van der Waals surface area contributed by atoms with Gasteiger partial charge in [-0.25, -0.2) is 0 Å². The molecule has 1 unspecified atom stereocenters. The summed E-state index contributed by atoms with van der Waals surface area (Å²) in [6.07, 6.45) is 0. The molecule has 1 atom stereocenters. The average Bonchev–Trinajstić information content (AvgIpc) is 2.87. The first-order valence-corrected chi connectivity index (χ1v) is 8.58. The van der Waals surface area contributed by atoms with Crippen LogP contribution in [0.4, 0.5) is 11.4 Å². The summed E-state index contributed by atoms with van der Waals surface area (Å²) in [5.74, 6) is 0. The molecule has 1 aliphatic heterocycles. The highest BCUT2D eigenvalue weighted by atomic mass is 31.1. The fraction of sp³-hybridized carbons (Fsp3) is 0.0526. The van der Waals surface area contributed by atoms with E-state index in [0.29, 0.717) is 0 Å². The lowest BCUT2D eigenvalue weighted by atomic mass is 10.1. The lowest BCUT2D eigenvalue weighted by molar-refractivity contribution is 1.47. The molecule has 0 spiro atoms. The first kappa shape index (κ1) is 11.4. The van der Waals surface area contributed by atoms with E-state index in [4.69, 9.17) is 0 Å². The van der Waals surface area contributed by atoms with Crippen molar-refractivity contribution in [3.63, 3.8) is 0 Å². The van der Waals surface area contributed by atoms with Crippen LogP contribution in [0.5, 0.6) is 0 Å². The molecule has 0 saturated carbocycles. The maximum absolute atomic E-state index is 3.67. The van der Waals surface area contributed by atoms with Gasteiger partial charge in [-0.2, -0.15) is 0 Å². The Morgan fingerprint density at radius 2 is 1.62 bits per heavy atom. The van der Waals surface area contributed by atoms with Crippen LogP contribution in [-0.4, -0.2) is 0 Å². The van der Waals surface area contributed by atoms with Crippen molar-refractivity contribution in [1.82, 2.24) is 0 Å². The third-order valence-corrected chi connectivity index (χ3v) is 7.10. The average molecular weight is 287 g/mol. The summed E-state index contributed by atoms with van der Waals surface area (Å²) in [6, 6.07) is 22.2. The normalized spacial score (nSPS) is 13.3. The Labute approximate surface area is 124 Å². The highest BCUT2D eigenvalue weighted by Crippen LogP contribution is 2.62. The Kier molecular flexibility index (Phi) is 2.12. The zero-order chi connectivity index (χ0) is 14.0. The molecule has 2 heterocycles. The molecule has 1 nitrogen and oxygen atoms in total. The molecule has 0 amide bonds. The third kappa shape index (κ3) is 1.37. The van der Waals surface area contributed by atoms with E-state index >= 15 is 0 Å². The van der Waals surface area contributed by atoms with Gasteiger partial charge in [-0.1, -0.05) is 56.1 Å². The van der Waals surface area contributed by atoms with E-state index in [1.165, 1.54) is 43.3 Å². The summed E-state index contributed by atoms with van der Waals surface area (Å²) in [7, 11) is -0.403. The predicted molar refractivity (Wildman–Crippen MR) is 93.5 cm³/mol. The number of hydrogen-bond donors (Lipinski definition) is 1. The van der Waals surface area contributed by atoms with Crippen molar-refractivity contribution in [3.05, 3.63) is 66.2 Å². The van der Waals surface area contributed by atoms with Crippen LogP contribution in [-0.2, 0) is 0 Å². The number of nitrogens with one attached hydrogen (secondary N) is 1. The van der Waals surface area contributed by atoms with E-state index in [1.54, 1.807) is 0 Å². The SMILES string of the molecule is Cc1ccc2c3ccccc3p3c2c1Nc1ccccc1-3. The third-order valence-electron chi connectivity index (χ3n) is 4.45. The molecule has 0 fully saturated rings. The molecule has 2 heteroatoms. The van der Waals surface area contributed by atoms with Gasteiger partial charge in [0.05, 0.1) is 11.4 Å². The minimum atomic E-state index is -0.403. The summed E-state index contributed by atoms with van der Waals surface area (Å²) >= 11 is 0. The van der Waals surface area contributed by atoms with Crippen molar-refractivity contribution in [1.29, 1.82) is 0 Å². The Hall–Kier alpha value is -2.24. The van der Waals surface area contributed by atoms with Gasteiger partial charge < -0.3 is 5.32 Å². The highest BCUT2D eigenvalue weighted by Gasteiger charge is 2.23. The number of aryl methyl sites for hydroxylation is 1. The van der Waals surface area contributed by atoms with Gasteiger partial charge in [0.15, 0.2) is 0 Å². The van der Waals surface area contributed by atoms with Crippen LogP contribution in [0, 0.1) is 6.92 Å². The van der Waals surface area contributed by atoms with Crippen molar-refractivity contribution in [3.8, 4) is 5.30 Å². The van der Waals surface area contributed by atoms with Crippen LogP contribution in [0.2, 0.25) is 0 Å². The van der Waals surface area contributed by atoms with Crippen LogP contribution in [0.25, 0.3) is 26.3 Å².